The Morgan fingerprint density at radius 3 is 2.43 bits per heavy atom. The lowest BCUT2D eigenvalue weighted by Gasteiger charge is -2.23. The molecule has 28 heavy (non-hydrogen) atoms. The molecule has 0 radical (unpaired) electrons. The molecule has 7 heteroatoms. The van der Waals surface area contributed by atoms with E-state index in [1.807, 2.05) is 13.0 Å². The summed E-state index contributed by atoms with van der Waals surface area (Å²) in [6.07, 6.45) is -4.53. The molecule has 1 aliphatic heterocycles. The van der Waals surface area contributed by atoms with Crippen LogP contribution in [0, 0.1) is 0 Å². The fourth-order valence-corrected chi connectivity index (χ4v) is 3.60. The second-order valence-corrected chi connectivity index (χ2v) is 6.91. The molecule has 3 rings (SSSR count). The summed E-state index contributed by atoms with van der Waals surface area (Å²) in [4.78, 5) is 0. The zero-order valence-corrected chi connectivity index (χ0v) is 15.7. The van der Waals surface area contributed by atoms with Crippen LogP contribution in [0.5, 0.6) is 11.5 Å². The minimum Gasteiger partial charge on any atom is -0.492 e. The molecule has 0 saturated heterocycles. The van der Waals surface area contributed by atoms with E-state index in [1.54, 1.807) is 12.1 Å². The van der Waals surface area contributed by atoms with Crippen molar-refractivity contribution in [3.05, 3.63) is 47.0 Å². The molecule has 0 unspecified atom stereocenters. The molecule has 2 N–H and O–H groups in total. The van der Waals surface area contributed by atoms with Gasteiger partial charge in [-0.25, -0.2) is 0 Å². The van der Waals surface area contributed by atoms with Gasteiger partial charge in [0.15, 0.2) is 0 Å². The molecular formula is C21H23F3O4. The van der Waals surface area contributed by atoms with E-state index in [-0.39, 0.29) is 5.75 Å². The van der Waals surface area contributed by atoms with Crippen LogP contribution in [0.2, 0.25) is 0 Å². The van der Waals surface area contributed by atoms with Gasteiger partial charge < -0.3 is 19.7 Å². The topological polar surface area (TPSA) is 58.9 Å². The number of rotatable bonds is 6. The number of aliphatic hydroxyl groups is 2. The number of ether oxygens (including phenoxy) is 2. The number of benzene rings is 2. The number of aliphatic hydroxyl groups excluding tert-OH is 2. The predicted octanol–water partition coefficient (Wildman–Crippen LogP) is 4.55. The lowest BCUT2D eigenvalue weighted by atomic mass is 9.87. The Morgan fingerprint density at radius 1 is 1.18 bits per heavy atom. The second-order valence-electron chi connectivity index (χ2n) is 6.91. The van der Waals surface area contributed by atoms with Crippen molar-refractivity contribution in [2.24, 2.45) is 0 Å². The number of hydrogen-bond donors (Lipinski definition) is 2. The van der Waals surface area contributed by atoms with Gasteiger partial charge in [-0.3, -0.25) is 0 Å². The Hall–Kier alpha value is -2.25. The van der Waals surface area contributed by atoms with Crippen LogP contribution in [-0.2, 0) is 12.8 Å². The maximum atomic E-state index is 12.4. The van der Waals surface area contributed by atoms with Gasteiger partial charge in [0.2, 0.25) is 0 Å². The highest BCUT2D eigenvalue weighted by Crippen LogP contribution is 2.44. The van der Waals surface area contributed by atoms with E-state index < -0.39 is 18.6 Å². The van der Waals surface area contributed by atoms with Gasteiger partial charge in [0.05, 0.1) is 12.7 Å². The third kappa shape index (κ3) is 4.25. The molecular weight excluding hydrogens is 373 g/mol. The lowest BCUT2D eigenvalue weighted by molar-refractivity contribution is -0.274. The molecule has 0 amide bonds. The standard InChI is InChI=1S/C21H23F3O4/c1-3-4-14-11-17(13-5-7-15(8-6-13)28-21(22,23)24)20-16(9-10-27-20)18(14)19(26)12(2)25/h5-8,11-12,19,25-26H,3-4,9-10H2,1-2H3/t12-,19+/m0/s1. The summed E-state index contributed by atoms with van der Waals surface area (Å²) in [5, 5.41) is 20.5. The average Bonchev–Trinajstić information content (AvgIpc) is 3.09. The van der Waals surface area contributed by atoms with Crippen LogP contribution in [0.4, 0.5) is 13.2 Å². The minimum atomic E-state index is -4.74. The number of aryl methyl sites for hydroxylation is 1. The first-order valence-electron chi connectivity index (χ1n) is 9.25. The molecule has 0 fully saturated rings. The van der Waals surface area contributed by atoms with Crippen LogP contribution < -0.4 is 9.47 Å². The summed E-state index contributed by atoms with van der Waals surface area (Å²) in [5.74, 6) is 0.322. The third-order valence-electron chi connectivity index (χ3n) is 4.78. The van der Waals surface area contributed by atoms with E-state index in [9.17, 15) is 23.4 Å². The lowest BCUT2D eigenvalue weighted by Crippen LogP contribution is -2.18. The highest BCUT2D eigenvalue weighted by molar-refractivity contribution is 5.76. The molecule has 0 bridgehead atoms. The smallest absolute Gasteiger partial charge is 0.492 e. The molecule has 0 aliphatic carbocycles. The number of fused-ring (bicyclic) bond motifs is 1. The van der Waals surface area contributed by atoms with Crippen molar-refractivity contribution in [3.8, 4) is 22.6 Å². The molecule has 0 aromatic heterocycles. The van der Waals surface area contributed by atoms with Gasteiger partial charge in [0.25, 0.3) is 0 Å². The molecule has 0 spiro atoms. The van der Waals surface area contributed by atoms with Crippen LogP contribution in [0.3, 0.4) is 0 Å². The van der Waals surface area contributed by atoms with Crippen molar-refractivity contribution in [3.63, 3.8) is 0 Å². The summed E-state index contributed by atoms with van der Waals surface area (Å²) in [7, 11) is 0. The van der Waals surface area contributed by atoms with Crippen molar-refractivity contribution in [1.29, 1.82) is 0 Å². The quantitative estimate of drug-likeness (QED) is 0.752. The average molecular weight is 396 g/mol. The van der Waals surface area contributed by atoms with Gasteiger partial charge in [-0.2, -0.15) is 0 Å². The minimum absolute atomic E-state index is 0.288. The Balaban J connectivity index is 2.07. The first kappa shape index (κ1) is 20.5. The summed E-state index contributed by atoms with van der Waals surface area (Å²) < 4.78 is 46.9. The molecule has 1 aliphatic rings. The fraction of sp³-hybridized carbons (Fsp3) is 0.429. The molecule has 4 nitrogen and oxygen atoms in total. The molecule has 2 aromatic carbocycles. The Kier molecular flexibility index (Phi) is 5.86. The molecule has 152 valence electrons. The summed E-state index contributed by atoms with van der Waals surface area (Å²) in [5.41, 5.74) is 3.92. The van der Waals surface area contributed by atoms with Crippen molar-refractivity contribution in [2.75, 3.05) is 6.61 Å². The van der Waals surface area contributed by atoms with Crippen LogP contribution >= 0.6 is 0 Å². The van der Waals surface area contributed by atoms with E-state index in [4.69, 9.17) is 4.74 Å². The predicted molar refractivity (Wildman–Crippen MR) is 98.4 cm³/mol. The summed E-state index contributed by atoms with van der Waals surface area (Å²) in [6, 6.07) is 7.54. The van der Waals surface area contributed by atoms with Gasteiger partial charge in [0, 0.05) is 17.5 Å². The van der Waals surface area contributed by atoms with Crippen molar-refractivity contribution < 1.29 is 32.9 Å². The van der Waals surface area contributed by atoms with Gasteiger partial charge in [-0.05, 0) is 48.2 Å². The van der Waals surface area contributed by atoms with Crippen LogP contribution in [0.1, 0.15) is 43.1 Å². The van der Waals surface area contributed by atoms with Crippen LogP contribution in [-0.4, -0.2) is 29.3 Å². The third-order valence-corrected chi connectivity index (χ3v) is 4.78. The first-order chi connectivity index (χ1) is 13.2. The van der Waals surface area contributed by atoms with E-state index in [0.717, 1.165) is 23.1 Å². The van der Waals surface area contributed by atoms with Crippen molar-refractivity contribution >= 4 is 0 Å². The maximum Gasteiger partial charge on any atom is 0.573 e. The monoisotopic (exact) mass is 396 g/mol. The number of alkyl halides is 3. The highest BCUT2D eigenvalue weighted by Gasteiger charge is 2.31. The van der Waals surface area contributed by atoms with E-state index in [1.165, 1.54) is 19.1 Å². The highest BCUT2D eigenvalue weighted by atomic mass is 19.4. The van der Waals surface area contributed by atoms with Gasteiger partial charge in [-0.15, -0.1) is 13.2 Å². The van der Waals surface area contributed by atoms with E-state index >= 15 is 0 Å². The maximum absolute atomic E-state index is 12.4. The molecule has 2 atom stereocenters. The second kappa shape index (κ2) is 8.01. The van der Waals surface area contributed by atoms with Gasteiger partial charge in [0.1, 0.15) is 17.6 Å². The normalized spacial score (nSPS) is 15.7. The Labute approximate surface area is 161 Å². The molecule has 2 aromatic rings. The fourth-order valence-electron chi connectivity index (χ4n) is 3.60. The van der Waals surface area contributed by atoms with Gasteiger partial charge >= 0.3 is 6.36 Å². The number of halogens is 3. The summed E-state index contributed by atoms with van der Waals surface area (Å²) in [6.45, 7) is 4.01. The first-order valence-corrected chi connectivity index (χ1v) is 9.25. The molecule has 0 saturated carbocycles. The number of hydrogen-bond acceptors (Lipinski definition) is 4. The van der Waals surface area contributed by atoms with Crippen LogP contribution in [0.15, 0.2) is 30.3 Å². The Bertz CT molecular complexity index is 829. The molecule has 1 heterocycles. The van der Waals surface area contributed by atoms with E-state index in [2.05, 4.69) is 4.74 Å². The van der Waals surface area contributed by atoms with Gasteiger partial charge in [-0.1, -0.05) is 25.5 Å². The van der Waals surface area contributed by atoms with Crippen molar-refractivity contribution in [2.45, 2.75) is 51.7 Å². The zero-order chi connectivity index (χ0) is 20.5. The SMILES string of the molecule is CCCc1cc(-c2ccc(OC(F)(F)F)cc2)c2c(c1[C@H](O)[C@H](C)O)CCO2. The zero-order valence-electron chi connectivity index (χ0n) is 15.7. The summed E-state index contributed by atoms with van der Waals surface area (Å²) >= 11 is 0. The Morgan fingerprint density at radius 2 is 1.86 bits per heavy atom. The largest absolute Gasteiger partial charge is 0.573 e. The van der Waals surface area contributed by atoms with Crippen molar-refractivity contribution in [1.82, 2.24) is 0 Å². The van der Waals surface area contributed by atoms with E-state index in [0.29, 0.717) is 36.3 Å². The van der Waals surface area contributed by atoms with Crippen LogP contribution in [0.25, 0.3) is 11.1 Å².